The van der Waals surface area contributed by atoms with E-state index in [1.165, 1.54) is 13.0 Å². The first-order valence-electron chi connectivity index (χ1n) is 2.84. The molecule has 0 aromatic carbocycles. The highest BCUT2D eigenvalue weighted by Gasteiger charge is 2.20. The van der Waals surface area contributed by atoms with Crippen LogP contribution in [0.1, 0.15) is 13.3 Å². The van der Waals surface area contributed by atoms with E-state index in [0.29, 0.717) is 6.17 Å². The molecule has 1 heterocycles. The number of nitrogens with zero attached hydrogens (tertiary/aromatic N) is 1. The average Bonchev–Trinajstić information content (AvgIpc) is 1.65. The highest BCUT2D eigenvalue weighted by molar-refractivity contribution is 4.75. The largest absolute Gasteiger partial charge is 0.316 e. The summed E-state index contributed by atoms with van der Waals surface area (Å²) in [6, 6.07) is 0. The van der Waals surface area contributed by atoms with E-state index in [9.17, 15) is 0 Å². The zero-order valence-electron chi connectivity index (χ0n) is 4.72. The third-order valence-corrected chi connectivity index (χ3v) is 1.59. The SMILES string of the molecule is CCN1CCC1N. The lowest BCUT2D eigenvalue weighted by molar-refractivity contribution is 0.103. The fourth-order valence-electron chi connectivity index (χ4n) is 0.853. The van der Waals surface area contributed by atoms with Gasteiger partial charge >= 0.3 is 0 Å². The minimum atomic E-state index is 0.380. The van der Waals surface area contributed by atoms with Crippen molar-refractivity contribution < 1.29 is 0 Å². The Morgan fingerprint density at radius 1 is 1.86 bits per heavy atom. The Hall–Kier alpha value is -0.0800. The summed E-state index contributed by atoms with van der Waals surface area (Å²) in [6.07, 6.45) is 1.57. The molecule has 0 aromatic rings. The van der Waals surface area contributed by atoms with E-state index in [0.717, 1.165) is 6.54 Å². The number of likely N-dealkylation sites (tertiary alicyclic amines) is 1. The van der Waals surface area contributed by atoms with Gasteiger partial charge < -0.3 is 5.73 Å². The minimum Gasteiger partial charge on any atom is -0.316 e. The molecule has 2 nitrogen and oxygen atoms in total. The van der Waals surface area contributed by atoms with Crippen LogP contribution in [-0.2, 0) is 0 Å². The van der Waals surface area contributed by atoms with Crippen molar-refractivity contribution in [3.63, 3.8) is 0 Å². The molecule has 2 heteroatoms. The van der Waals surface area contributed by atoms with Gasteiger partial charge in [-0.1, -0.05) is 6.92 Å². The molecular formula is C5H12N2. The number of nitrogens with two attached hydrogens (primary N) is 1. The number of rotatable bonds is 1. The van der Waals surface area contributed by atoms with Crippen molar-refractivity contribution in [1.82, 2.24) is 4.90 Å². The van der Waals surface area contributed by atoms with Crippen molar-refractivity contribution in [2.75, 3.05) is 13.1 Å². The Bertz CT molecular complexity index is 61.1. The molecular weight excluding hydrogens is 88.1 g/mol. The molecule has 0 spiro atoms. The van der Waals surface area contributed by atoms with E-state index in [1.807, 2.05) is 0 Å². The van der Waals surface area contributed by atoms with Crippen LogP contribution in [0.25, 0.3) is 0 Å². The van der Waals surface area contributed by atoms with Crippen LogP contribution in [0.3, 0.4) is 0 Å². The lowest BCUT2D eigenvalue weighted by Gasteiger charge is -2.37. The Kier molecular flexibility index (Phi) is 1.30. The summed E-state index contributed by atoms with van der Waals surface area (Å²) in [5.74, 6) is 0. The Balaban J connectivity index is 2.16. The number of hydrogen-bond donors (Lipinski definition) is 1. The minimum absolute atomic E-state index is 0.380. The van der Waals surface area contributed by atoms with Crippen molar-refractivity contribution in [3.8, 4) is 0 Å². The summed E-state index contributed by atoms with van der Waals surface area (Å²) in [4.78, 5) is 2.25. The lowest BCUT2D eigenvalue weighted by atomic mass is 10.2. The maximum atomic E-state index is 5.56. The molecule has 7 heavy (non-hydrogen) atoms. The molecule has 1 rings (SSSR count). The standard InChI is InChI=1S/C5H12N2/c1-2-7-4-3-5(7)6/h5H,2-4,6H2,1H3. The highest BCUT2D eigenvalue weighted by atomic mass is 15.3. The molecule has 0 aliphatic carbocycles. The molecule has 0 saturated carbocycles. The zero-order chi connectivity index (χ0) is 5.28. The summed E-state index contributed by atoms with van der Waals surface area (Å²) in [5.41, 5.74) is 5.56. The smallest absolute Gasteiger partial charge is 0.0583 e. The second kappa shape index (κ2) is 1.80. The van der Waals surface area contributed by atoms with Crippen LogP contribution in [0, 0.1) is 0 Å². The molecule has 1 saturated heterocycles. The maximum Gasteiger partial charge on any atom is 0.0583 e. The monoisotopic (exact) mass is 100 g/mol. The van der Waals surface area contributed by atoms with Crippen molar-refractivity contribution in [3.05, 3.63) is 0 Å². The van der Waals surface area contributed by atoms with Gasteiger partial charge in [0.2, 0.25) is 0 Å². The summed E-state index contributed by atoms with van der Waals surface area (Å²) in [7, 11) is 0. The molecule has 1 unspecified atom stereocenters. The van der Waals surface area contributed by atoms with Gasteiger partial charge in [0, 0.05) is 6.54 Å². The fourth-order valence-corrected chi connectivity index (χ4v) is 0.853. The van der Waals surface area contributed by atoms with E-state index < -0.39 is 0 Å². The first kappa shape index (κ1) is 5.06. The van der Waals surface area contributed by atoms with Gasteiger partial charge in [-0.25, -0.2) is 0 Å². The molecule has 0 radical (unpaired) electrons. The summed E-state index contributed by atoms with van der Waals surface area (Å²) >= 11 is 0. The predicted molar refractivity (Wildman–Crippen MR) is 29.8 cm³/mol. The van der Waals surface area contributed by atoms with E-state index in [2.05, 4.69) is 11.8 Å². The van der Waals surface area contributed by atoms with Gasteiger partial charge in [-0.3, -0.25) is 4.90 Å². The van der Waals surface area contributed by atoms with Crippen molar-refractivity contribution in [1.29, 1.82) is 0 Å². The first-order valence-corrected chi connectivity index (χ1v) is 2.84. The fraction of sp³-hybridized carbons (Fsp3) is 1.00. The molecule has 42 valence electrons. The Morgan fingerprint density at radius 2 is 2.57 bits per heavy atom. The van der Waals surface area contributed by atoms with Crippen LogP contribution >= 0.6 is 0 Å². The van der Waals surface area contributed by atoms with Crippen molar-refractivity contribution >= 4 is 0 Å². The maximum absolute atomic E-state index is 5.56. The third kappa shape index (κ3) is 0.763. The van der Waals surface area contributed by atoms with Gasteiger partial charge in [0.1, 0.15) is 0 Å². The lowest BCUT2D eigenvalue weighted by Crippen LogP contribution is -2.52. The molecule has 1 atom stereocenters. The molecule has 1 fully saturated rings. The molecule has 0 bridgehead atoms. The van der Waals surface area contributed by atoms with E-state index in [4.69, 9.17) is 5.73 Å². The van der Waals surface area contributed by atoms with Crippen LogP contribution in [-0.4, -0.2) is 24.2 Å². The van der Waals surface area contributed by atoms with Crippen LogP contribution in [0.4, 0.5) is 0 Å². The summed E-state index contributed by atoms with van der Waals surface area (Å²) in [5, 5.41) is 0. The van der Waals surface area contributed by atoms with Crippen LogP contribution in [0.5, 0.6) is 0 Å². The Labute approximate surface area is 44.3 Å². The van der Waals surface area contributed by atoms with Crippen LogP contribution in [0.2, 0.25) is 0 Å². The molecule has 0 amide bonds. The predicted octanol–water partition coefficient (Wildman–Crippen LogP) is -0.00320. The third-order valence-electron chi connectivity index (χ3n) is 1.59. The second-order valence-corrected chi connectivity index (χ2v) is 1.98. The van der Waals surface area contributed by atoms with Gasteiger partial charge in [0.25, 0.3) is 0 Å². The van der Waals surface area contributed by atoms with Crippen molar-refractivity contribution in [2.45, 2.75) is 19.5 Å². The quantitative estimate of drug-likeness (QED) is 0.502. The second-order valence-electron chi connectivity index (χ2n) is 1.98. The van der Waals surface area contributed by atoms with Gasteiger partial charge in [-0.05, 0) is 13.0 Å². The highest BCUT2D eigenvalue weighted by Crippen LogP contribution is 2.09. The Morgan fingerprint density at radius 3 is 2.57 bits per heavy atom. The normalized spacial score (nSPS) is 32.6. The summed E-state index contributed by atoms with van der Waals surface area (Å²) in [6.45, 7) is 4.46. The van der Waals surface area contributed by atoms with Gasteiger partial charge in [-0.2, -0.15) is 0 Å². The topological polar surface area (TPSA) is 29.3 Å². The van der Waals surface area contributed by atoms with E-state index in [1.54, 1.807) is 0 Å². The zero-order valence-corrected chi connectivity index (χ0v) is 4.72. The van der Waals surface area contributed by atoms with E-state index >= 15 is 0 Å². The molecule has 1 aliphatic rings. The first-order chi connectivity index (χ1) is 3.34. The molecule has 2 N–H and O–H groups in total. The number of hydrogen-bond acceptors (Lipinski definition) is 2. The summed E-state index contributed by atoms with van der Waals surface area (Å²) < 4.78 is 0. The van der Waals surface area contributed by atoms with Crippen LogP contribution < -0.4 is 5.73 Å². The van der Waals surface area contributed by atoms with Gasteiger partial charge in [-0.15, -0.1) is 0 Å². The van der Waals surface area contributed by atoms with Gasteiger partial charge in [0.15, 0.2) is 0 Å². The molecule has 1 aliphatic heterocycles. The van der Waals surface area contributed by atoms with Crippen LogP contribution in [0.15, 0.2) is 0 Å². The average molecular weight is 100 g/mol. The van der Waals surface area contributed by atoms with E-state index in [-0.39, 0.29) is 0 Å². The van der Waals surface area contributed by atoms with Crippen molar-refractivity contribution in [2.24, 2.45) is 5.73 Å². The van der Waals surface area contributed by atoms with Gasteiger partial charge in [0.05, 0.1) is 6.17 Å². The molecule has 0 aromatic heterocycles.